The highest BCUT2D eigenvalue weighted by molar-refractivity contribution is 5.95. The quantitative estimate of drug-likeness (QED) is 0.645. The zero-order valence-electron chi connectivity index (χ0n) is 16.4. The second-order valence-corrected chi connectivity index (χ2v) is 6.15. The molecule has 1 heterocycles. The topological polar surface area (TPSA) is 85.9 Å². The van der Waals surface area contributed by atoms with E-state index < -0.39 is 12.0 Å². The number of urea groups is 1. The lowest BCUT2D eigenvalue weighted by Gasteiger charge is -2.29. The van der Waals surface area contributed by atoms with Crippen molar-refractivity contribution < 1.29 is 23.8 Å². The first-order valence-electron chi connectivity index (χ1n) is 9.34. The number of amides is 2. The molecule has 7 heteroatoms. The van der Waals surface area contributed by atoms with Crippen LogP contribution >= 0.6 is 0 Å². The van der Waals surface area contributed by atoms with Gasteiger partial charge in [-0.25, -0.2) is 9.59 Å². The second kappa shape index (κ2) is 9.85. The number of carbonyl (C=O) groups is 2. The molecule has 0 saturated heterocycles. The third kappa shape index (κ3) is 4.93. The molecule has 1 aromatic carbocycles. The van der Waals surface area contributed by atoms with E-state index in [9.17, 15) is 9.59 Å². The largest absolute Gasteiger partial charge is 0.490 e. The van der Waals surface area contributed by atoms with Crippen LogP contribution in [0.15, 0.2) is 29.5 Å². The Labute approximate surface area is 160 Å². The van der Waals surface area contributed by atoms with Gasteiger partial charge in [-0.15, -0.1) is 0 Å². The van der Waals surface area contributed by atoms with Crippen molar-refractivity contribution in [1.29, 1.82) is 0 Å². The van der Waals surface area contributed by atoms with Crippen LogP contribution in [0.4, 0.5) is 4.79 Å². The Balaban J connectivity index is 2.48. The van der Waals surface area contributed by atoms with Gasteiger partial charge in [-0.1, -0.05) is 26.3 Å². The standard InChI is InChI=1S/C20H28N2O5/c1-5-8-14-17(19(23)25-4)18(22-20(24)21-14)13-9-10-15(27-11-6-2)16(12-13)26-7-3/h9-10,12,18H,5-8,11H2,1-4H3,(H2,21,22,24). The first kappa shape index (κ1) is 20.6. The highest BCUT2D eigenvalue weighted by Gasteiger charge is 2.33. The summed E-state index contributed by atoms with van der Waals surface area (Å²) < 4.78 is 16.4. The van der Waals surface area contributed by atoms with Gasteiger partial charge in [-0.05, 0) is 37.5 Å². The van der Waals surface area contributed by atoms with Crippen LogP contribution in [-0.2, 0) is 9.53 Å². The Hall–Kier alpha value is -2.70. The summed E-state index contributed by atoms with van der Waals surface area (Å²) in [5.41, 5.74) is 1.72. The minimum atomic E-state index is -0.618. The van der Waals surface area contributed by atoms with Crippen LogP contribution in [0.25, 0.3) is 0 Å². The van der Waals surface area contributed by atoms with Crippen LogP contribution in [0.3, 0.4) is 0 Å². The molecule has 0 saturated carbocycles. The molecule has 0 aromatic heterocycles. The van der Waals surface area contributed by atoms with E-state index in [1.807, 2.05) is 26.8 Å². The van der Waals surface area contributed by atoms with Crippen molar-refractivity contribution in [2.24, 2.45) is 0 Å². The maximum Gasteiger partial charge on any atom is 0.337 e. The first-order valence-corrected chi connectivity index (χ1v) is 9.34. The van der Waals surface area contributed by atoms with Gasteiger partial charge in [0.1, 0.15) is 0 Å². The van der Waals surface area contributed by atoms with Gasteiger partial charge in [-0.2, -0.15) is 0 Å². The van der Waals surface area contributed by atoms with Gasteiger partial charge in [0, 0.05) is 5.70 Å². The fraction of sp³-hybridized carbons (Fsp3) is 0.500. The van der Waals surface area contributed by atoms with Gasteiger partial charge in [0.2, 0.25) is 0 Å². The van der Waals surface area contributed by atoms with Crippen molar-refractivity contribution in [3.05, 3.63) is 35.0 Å². The third-order valence-corrected chi connectivity index (χ3v) is 4.12. The highest BCUT2D eigenvalue weighted by atomic mass is 16.5. The maximum atomic E-state index is 12.4. The van der Waals surface area contributed by atoms with Crippen molar-refractivity contribution in [2.75, 3.05) is 20.3 Å². The smallest absolute Gasteiger partial charge is 0.337 e. The Kier molecular flexibility index (Phi) is 7.52. The van der Waals surface area contributed by atoms with Gasteiger partial charge in [-0.3, -0.25) is 0 Å². The lowest BCUT2D eigenvalue weighted by Crippen LogP contribution is -2.45. The molecule has 1 aliphatic rings. The molecular formula is C20H28N2O5. The monoisotopic (exact) mass is 376 g/mol. The minimum absolute atomic E-state index is 0.347. The van der Waals surface area contributed by atoms with E-state index in [1.54, 1.807) is 12.1 Å². The third-order valence-electron chi connectivity index (χ3n) is 4.12. The summed E-state index contributed by atoms with van der Waals surface area (Å²) in [5.74, 6) is 0.748. The fourth-order valence-electron chi connectivity index (χ4n) is 2.97. The van der Waals surface area contributed by atoms with Gasteiger partial charge in [0.05, 0.1) is 31.9 Å². The number of hydrogen-bond donors (Lipinski definition) is 2. The lowest BCUT2D eigenvalue weighted by atomic mass is 9.93. The summed E-state index contributed by atoms with van der Waals surface area (Å²) in [5, 5.41) is 5.55. The van der Waals surface area contributed by atoms with Crippen molar-refractivity contribution in [1.82, 2.24) is 10.6 Å². The maximum absolute atomic E-state index is 12.4. The van der Waals surface area contributed by atoms with Gasteiger partial charge in [0.25, 0.3) is 0 Å². The molecule has 0 fully saturated rings. The molecule has 0 aliphatic carbocycles. The van der Waals surface area contributed by atoms with Crippen molar-refractivity contribution >= 4 is 12.0 Å². The minimum Gasteiger partial charge on any atom is -0.490 e. The number of hydrogen-bond acceptors (Lipinski definition) is 5. The van der Waals surface area contributed by atoms with E-state index in [4.69, 9.17) is 14.2 Å². The van der Waals surface area contributed by atoms with Crippen LogP contribution < -0.4 is 20.1 Å². The predicted molar refractivity (Wildman–Crippen MR) is 102 cm³/mol. The number of esters is 1. The Morgan fingerprint density at radius 3 is 2.52 bits per heavy atom. The Bertz CT molecular complexity index is 714. The number of allylic oxidation sites excluding steroid dienone is 1. The molecule has 0 radical (unpaired) electrons. The molecular weight excluding hydrogens is 348 g/mol. The zero-order valence-corrected chi connectivity index (χ0v) is 16.4. The summed E-state index contributed by atoms with van der Waals surface area (Å²) >= 11 is 0. The van der Waals surface area contributed by atoms with Gasteiger partial charge < -0.3 is 24.8 Å². The number of carbonyl (C=O) groups excluding carboxylic acids is 2. The van der Waals surface area contributed by atoms with Gasteiger partial charge in [0.15, 0.2) is 11.5 Å². The molecule has 0 spiro atoms. The molecule has 148 valence electrons. The van der Waals surface area contributed by atoms with E-state index in [1.165, 1.54) is 7.11 Å². The zero-order chi connectivity index (χ0) is 19.8. The molecule has 7 nitrogen and oxygen atoms in total. The van der Waals surface area contributed by atoms with E-state index in [0.717, 1.165) is 18.4 Å². The SMILES string of the molecule is CCCOc1ccc(C2NC(=O)NC(CCC)=C2C(=O)OC)cc1OCC. The van der Waals surface area contributed by atoms with Crippen LogP contribution in [0.5, 0.6) is 11.5 Å². The predicted octanol–water partition coefficient (Wildman–Crippen LogP) is 3.46. The van der Waals surface area contributed by atoms with E-state index >= 15 is 0 Å². The van der Waals surface area contributed by atoms with Crippen molar-refractivity contribution in [2.45, 2.75) is 46.1 Å². The molecule has 0 bridgehead atoms. The van der Waals surface area contributed by atoms with E-state index in [-0.39, 0.29) is 6.03 Å². The lowest BCUT2D eigenvalue weighted by molar-refractivity contribution is -0.136. The van der Waals surface area contributed by atoms with Crippen LogP contribution in [0.2, 0.25) is 0 Å². The Morgan fingerprint density at radius 1 is 1.11 bits per heavy atom. The summed E-state index contributed by atoms with van der Waals surface area (Å²) in [6, 6.07) is 4.47. The Morgan fingerprint density at radius 2 is 1.89 bits per heavy atom. The number of methoxy groups -OCH3 is 1. The van der Waals surface area contributed by atoms with E-state index in [2.05, 4.69) is 10.6 Å². The first-order chi connectivity index (χ1) is 13.0. The molecule has 2 N–H and O–H groups in total. The van der Waals surface area contributed by atoms with Crippen LogP contribution in [-0.4, -0.2) is 32.3 Å². The number of rotatable bonds is 9. The average molecular weight is 376 g/mol. The van der Waals surface area contributed by atoms with Crippen molar-refractivity contribution in [3.63, 3.8) is 0 Å². The molecule has 1 atom stereocenters. The number of benzene rings is 1. The molecule has 1 aromatic rings. The fourth-order valence-corrected chi connectivity index (χ4v) is 2.97. The molecule has 2 rings (SSSR count). The molecule has 1 unspecified atom stereocenters. The second-order valence-electron chi connectivity index (χ2n) is 6.15. The summed E-state index contributed by atoms with van der Waals surface area (Å²) in [6.45, 7) is 6.96. The summed E-state index contributed by atoms with van der Waals surface area (Å²) in [6.07, 6.45) is 2.24. The number of nitrogens with one attached hydrogen (secondary N) is 2. The number of ether oxygens (including phenoxy) is 3. The summed E-state index contributed by atoms with van der Waals surface area (Å²) in [7, 11) is 1.33. The van der Waals surface area contributed by atoms with Gasteiger partial charge >= 0.3 is 12.0 Å². The normalized spacial score (nSPS) is 16.4. The molecule has 2 amide bonds. The average Bonchev–Trinajstić information content (AvgIpc) is 2.66. The molecule has 1 aliphatic heterocycles. The van der Waals surface area contributed by atoms with E-state index in [0.29, 0.717) is 42.4 Å². The van der Waals surface area contributed by atoms with Crippen LogP contribution in [0.1, 0.15) is 51.6 Å². The van der Waals surface area contributed by atoms with Crippen molar-refractivity contribution in [3.8, 4) is 11.5 Å². The highest BCUT2D eigenvalue weighted by Crippen LogP contribution is 2.35. The molecule has 27 heavy (non-hydrogen) atoms. The van der Waals surface area contributed by atoms with Crippen LogP contribution in [0, 0.1) is 0 Å². The summed E-state index contributed by atoms with van der Waals surface area (Å²) in [4.78, 5) is 24.6.